The minimum atomic E-state index is -0.547. The lowest BCUT2D eigenvalue weighted by atomic mass is 10.1. The number of carbonyl (C=O) groups excluding carboxylic acids is 2. The van der Waals surface area contributed by atoms with Crippen LogP contribution < -0.4 is 5.32 Å². The van der Waals surface area contributed by atoms with Gasteiger partial charge in [-0.1, -0.05) is 36.4 Å². The lowest BCUT2D eigenvalue weighted by Crippen LogP contribution is -2.54. The molecule has 0 saturated carbocycles. The van der Waals surface area contributed by atoms with Crippen LogP contribution in [0, 0.1) is 5.82 Å². The van der Waals surface area contributed by atoms with Crippen LogP contribution in [0.3, 0.4) is 0 Å². The molecule has 31 heavy (non-hydrogen) atoms. The number of nitrogens with one attached hydrogen (secondary N) is 1. The van der Waals surface area contributed by atoms with Crippen LogP contribution in [0.1, 0.15) is 11.1 Å². The smallest absolute Gasteiger partial charge is 0.265 e. The first-order valence-electron chi connectivity index (χ1n) is 9.68. The normalized spacial score (nSPS) is 15.7. The predicted octanol–water partition coefficient (Wildman–Crippen LogP) is 3.10. The third-order valence-corrected chi connectivity index (χ3v) is 5.45. The summed E-state index contributed by atoms with van der Waals surface area (Å²) in [4.78, 5) is 26.8. The van der Waals surface area contributed by atoms with E-state index in [4.69, 9.17) is 17.0 Å². The molecule has 1 aromatic heterocycles. The summed E-state index contributed by atoms with van der Waals surface area (Å²) in [6.45, 7) is 0.846. The van der Waals surface area contributed by atoms with Crippen LogP contribution in [0.15, 0.2) is 60.3 Å². The fourth-order valence-electron chi connectivity index (χ4n) is 3.57. The van der Waals surface area contributed by atoms with Gasteiger partial charge in [0.1, 0.15) is 11.4 Å². The highest BCUT2D eigenvalue weighted by molar-refractivity contribution is 7.80. The van der Waals surface area contributed by atoms with Gasteiger partial charge in [-0.25, -0.2) is 4.39 Å². The second kappa shape index (κ2) is 8.79. The molecule has 8 heteroatoms. The molecule has 6 nitrogen and oxygen atoms in total. The number of fused-ring (bicyclic) bond motifs is 1. The number of amides is 2. The second-order valence-electron chi connectivity index (χ2n) is 7.09. The number of rotatable bonds is 6. The first kappa shape index (κ1) is 20.9. The van der Waals surface area contributed by atoms with Crippen molar-refractivity contribution in [3.05, 3.63) is 77.2 Å². The summed E-state index contributed by atoms with van der Waals surface area (Å²) in [7, 11) is 1.53. The monoisotopic (exact) mass is 437 g/mol. The topological polar surface area (TPSA) is 63.6 Å². The van der Waals surface area contributed by atoms with Crippen molar-refractivity contribution in [3.8, 4) is 0 Å². The van der Waals surface area contributed by atoms with E-state index in [-0.39, 0.29) is 29.7 Å². The highest BCUT2D eigenvalue weighted by atomic mass is 32.1. The molecule has 158 valence electrons. The number of benzene rings is 2. The molecule has 0 unspecified atom stereocenters. The van der Waals surface area contributed by atoms with Crippen LogP contribution in [0.5, 0.6) is 0 Å². The van der Waals surface area contributed by atoms with E-state index < -0.39 is 11.8 Å². The van der Waals surface area contributed by atoms with Crippen molar-refractivity contribution in [2.45, 2.75) is 6.54 Å². The van der Waals surface area contributed by atoms with Gasteiger partial charge >= 0.3 is 0 Å². The number of hydrogen-bond acceptors (Lipinski definition) is 4. The number of carbonyl (C=O) groups is 2. The van der Waals surface area contributed by atoms with Crippen LogP contribution >= 0.6 is 12.2 Å². The van der Waals surface area contributed by atoms with E-state index in [1.165, 1.54) is 18.1 Å². The van der Waals surface area contributed by atoms with E-state index in [0.29, 0.717) is 17.7 Å². The zero-order valence-electron chi connectivity index (χ0n) is 16.8. The summed E-state index contributed by atoms with van der Waals surface area (Å²) in [5, 5.41) is 3.47. The quantitative estimate of drug-likeness (QED) is 0.366. The Kier molecular flexibility index (Phi) is 5.92. The van der Waals surface area contributed by atoms with E-state index in [9.17, 15) is 14.0 Å². The van der Waals surface area contributed by atoms with Gasteiger partial charge in [-0.15, -0.1) is 0 Å². The minimum Gasteiger partial charge on any atom is -0.383 e. The lowest BCUT2D eigenvalue weighted by Gasteiger charge is -2.28. The Morgan fingerprint density at radius 3 is 2.65 bits per heavy atom. The maximum atomic E-state index is 14.2. The number of aromatic nitrogens is 1. The molecule has 2 heterocycles. The maximum absolute atomic E-state index is 14.2. The van der Waals surface area contributed by atoms with E-state index in [1.807, 2.05) is 35.0 Å². The van der Waals surface area contributed by atoms with Crippen LogP contribution in [0.2, 0.25) is 0 Å². The number of nitrogens with zero attached hydrogens (tertiary/aromatic N) is 2. The van der Waals surface area contributed by atoms with Crippen molar-refractivity contribution in [1.29, 1.82) is 0 Å². The first-order chi connectivity index (χ1) is 15.0. The SMILES string of the molecule is COCCN1C(=O)C(=Cc2cn(Cc3ccccc3F)c3ccccc23)C(=O)NC1=S. The van der Waals surface area contributed by atoms with Crippen molar-refractivity contribution in [1.82, 2.24) is 14.8 Å². The van der Waals surface area contributed by atoms with Crippen molar-refractivity contribution in [3.63, 3.8) is 0 Å². The van der Waals surface area contributed by atoms with Gasteiger partial charge in [0.25, 0.3) is 11.8 Å². The molecular weight excluding hydrogens is 417 g/mol. The van der Waals surface area contributed by atoms with Crippen LogP contribution in [-0.4, -0.2) is 46.7 Å². The summed E-state index contributed by atoms with van der Waals surface area (Å²) < 4.78 is 21.1. The number of para-hydroxylation sites is 1. The average molecular weight is 437 g/mol. The third-order valence-electron chi connectivity index (χ3n) is 5.12. The molecule has 2 aromatic carbocycles. The first-order valence-corrected chi connectivity index (χ1v) is 10.1. The Hall–Kier alpha value is -3.36. The second-order valence-corrected chi connectivity index (χ2v) is 7.47. The number of hydrogen-bond donors (Lipinski definition) is 1. The van der Waals surface area contributed by atoms with Crippen LogP contribution in [0.4, 0.5) is 4.39 Å². The Balaban J connectivity index is 1.75. The van der Waals surface area contributed by atoms with Gasteiger partial charge in [-0.3, -0.25) is 19.8 Å². The molecule has 1 fully saturated rings. The molecule has 4 rings (SSSR count). The molecule has 3 aromatic rings. The van der Waals surface area contributed by atoms with Gasteiger partial charge in [0.05, 0.1) is 19.7 Å². The number of methoxy groups -OCH3 is 1. The van der Waals surface area contributed by atoms with E-state index >= 15 is 0 Å². The Bertz CT molecular complexity index is 1220. The van der Waals surface area contributed by atoms with Gasteiger partial charge in [-0.2, -0.15) is 0 Å². The highest BCUT2D eigenvalue weighted by Gasteiger charge is 2.33. The fourth-order valence-corrected chi connectivity index (χ4v) is 3.83. The Labute approximate surface area is 183 Å². The van der Waals surface area contributed by atoms with E-state index in [2.05, 4.69) is 5.32 Å². The van der Waals surface area contributed by atoms with Crippen LogP contribution in [-0.2, 0) is 20.9 Å². The molecule has 1 aliphatic rings. The molecule has 2 amide bonds. The molecular formula is C23H20FN3O3S. The third kappa shape index (κ3) is 4.12. The molecule has 1 saturated heterocycles. The zero-order chi connectivity index (χ0) is 22.0. The van der Waals surface area contributed by atoms with E-state index in [1.54, 1.807) is 24.3 Å². The van der Waals surface area contributed by atoms with Crippen molar-refractivity contribution in [2.24, 2.45) is 0 Å². The summed E-state index contributed by atoms with van der Waals surface area (Å²) in [5.74, 6) is -1.31. The molecule has 0 aliphatic carbocycles. The predicted molar refractivity (Wildman–Crippen MR) is 120 cm³/mol. The lowest BCUT2D eigenvalue weighted by molar-refractivity contribution is -0.129. The fraction of sp³-hybridized carbons (Fsp3) is 0.174. The van der Waals surface area contributed by atoms with Gasteiger partial charge in [0, 0.05) is 35.3 Å². The standard InChI is InChI=1S/C23H20FN3O3S/c1-30-11-10-27-22(29)18(21(28)25-23(27)31)12-16-14-26(20-9-5-3-7-17(16)20)13-15-6-2-4-8-19(15)24/h2-9,12,14H,10-11,13H2,1H3,(H,25,28,31). The summed E-state index contributed by atoms with van der Waals surface area (Å²) >= 11 is 5.13. The van der Waals surface area contributed by atoms with Gasteiger partial charge in [0.15, 0.2) is 5.11 Å². The number of ether oxygens (including phenoxy) is 1. The van der Waals surface area contributed by atoms with Crippen molar-refractivity contribution >= 4 is 46.1 Å². The average Bonchev–Trinajstić information content (AvgIpc) is 3.10. The summed E-state index contributed by atoms with van der Waals surface area (Å²) in [6, 6.07) is 14.2. The molecule has 1 aliphatic heterocycles. The Morgan fingerprint density at radius 2 is 1.87 bits per heavy atom. The summed E-state index contributed by atoms with van der Waals surface area (Å²) in [6.07, 6.45) is 3.37. The molecule has 0 spiro atoms. The minimum absolute atomic E-state index is 0.0153. The van der Waals surface area contributed by atoms with Crippen molar-refractivity contribution in [2.75, 3.05) is 20.3 Å². The van der Waals surface area contributed by atoms with E-state index in [0.717, 1.165) is 10.9 Å². The molecule has 1 N–H and O–H groups in total. The highest BCUT2D eigenvalue weighted by Crippen LogP contribution is 2.26. The number of thiocarbonyl (C=S) groups is 1. The molecule has 0 radical (unpaired) electrons. The molecule has 0 atom stereocenters. The molecule has 0 bridgehead atoms. The van der Waals surface area contributed by atoms with Crippen LogP contribution in [0.25, 0.3) is 17.0 Å². The van der Waals surface area contributed by atoms with Gasteiger partial charge in [0.2, 0.25) is 0 Å². The largest absolute Gasteiger partial charge is 0.383 e. The number of halogens is 1. The Morgan fingerprint density at radius 1 is 1.13 bits per heavy atom. The zero-order valence-corrected chi connectivity index (χ0v) is 17.6. The van der Waals surface area contributed by atoms with Crippen molar-refractivity contribution < 1.29 is 18.7 Å². The van der Waals surface area contributed by atoms with Gasteiger partial charge < -0.3 is 9.30 Å². The van der Waals surface area contributed by atoms with Gasteiger partial charge in [-0.05, 0) is 30.4 Å². The maximum Gasteiger partial charge on any atom is 0.265 e. The summed E-state index contributed by atoms with van der Waals surface area (Å²) in [5.41, 5.74) is 2.08.